The van der Waals surface area contributed by atoms with Crippen molar-refractivity contribution < 1.29 is 4.79 Å². The zero-order chi connectivity index (χ0) is 13.5. The third kappa shape index (κ3) is 5.35. The molecule has 1 aromatic heterocycles. The normalized spacial score (nSPS) is 15.1. The highest BCUT2D eigenvalue weighted by Crippen LogP contribution is 2.26. The number of nitrogens with two attached hydrogens (primary N) is 1. The molecular formula is C12H21IN6O. The fraction of sp³-hybridized carbons (Fsp3) is 0.583. The molecule has 1 heterocycles. The van der Waals surface area contributed by atoms with Gasteiger partial charge in [0.25, 0.3) is 5.91 Å². The van der Waals surface area contributed by atoms with Crippen LogP contribution in [-0.4, -0.2) is 41.7 Å². The fourth-order valence-corrected chi connectivity index (χ4v) is 1.80. The molecule has 0 saturated heterocycles. The highest BCUT2D eigenvalue weighted by atomic mass is 127. The largest absolute Gasteiger partial charge is 0.370 e. The number of nitrogens with one attached hydrogen (secondary N) is 3. The van der Waals surface area contributed by atoms with E-state index in [9.17, 15) is 4.79 Å². The quantitative estimate of drug-likeness (QED) is 0.244. The summed E-state index contributed by atoms with van der Waals surface area (Å²) in [5, 5.41) is 12.0. The van der Waals surface area contributed by atoms with Gasteiger partial charge in [-0.1, -0.05) is 6.42 Å². The van der Waals surface area contributed by atoms with Crippen LogP contribution in [0.5, 0.6) is 0 Å². The lowest BCUT2D eigenvalue weighted by Crippen LogP contribution is -2.39. The first kappa shape index (κ1) is 16.7. The van der Waals surface area contributed by atoms with Gasteiger partial charge >= 0.3 is 0 Å². The molecule has 0 aliphatic heterocycles. The highest BCUT2D eigenvalue weighted by molar-refractivity contribution is 14.0. The Kier molecular flexibility index (Phi) is 7.34. The molecule has 0 bridgehead atoms. The average Bonchev–Trinajstić information content (AvgIpc) is 2.86. The summed E-state index contributed by atoms with van der Waals surface area (Å²) in [6.07, 6.45) is 5.37. The van der Waals surface area contributed by atoms with Gasteiger partial charge in [-0.25, -0.2) is 0 Å². The molecule has 1 fully saturated rings. The second-order valence-corrected chi connectivity index (χ2v) is 4.68. The molecule has 0 aromatic carbocycles. The van der Waals surface area contributed by atoms with Crippen molar-refractivity contribution in [3.05, 3.63) is 18.0 Å². The summed E-state index contributed by atoms with van der Waals surface area (Å²) in [5.74, 6) is 0.979. The van der Waals surface area contributed by atoms with Crippen LogP contribution in [0, 0.1) is 5.92 Å². The molecule has 20 heavy (non-hydrogen) atoms. The number of carbonyl (C=O) groups excluding carboxylic acids is 1. The number of hydrogen-bond acceptors (Lipinski definition) is 3. The maximum absolute atomic E-state index is 11.5. The van der Waals surface area contributed by atoms with E-state index in [0.29, 0.717) is 30.7 Å². The number of nitrogens with zero attached hydrogens (tertiary/aromatic N) is 2. The van der Waals surface area contributed by atoms with Crippen molar-refractivity contribution in [3.8, 4) is 0 Å². The Labute approximate surface area is 135 Å². The van der Waals surface area contributed by atoms with Gasteiger partial charge in [-0.15, -0.1) is 24.0 Å². The van der Waals surface area contributed by atoms with E-state index in [4.69, 9.17) is 5.73 Å². The average molecular weight is 392 g/mol. The minimum Gasteiger partial charge on any atom is -0.370 e. The molecule has 2 rings (SSSR count). The van der Waals surface area contributed by atoms with E-state index in [2.05, 4.69) is 25.8 Å². The molecule has 7 nitrogen and oxygen atoms in total. The molecule has 1 aliphatic rings. The molecule has 1 aliphatic carbocycles. The molecule has 0 radical (unpaired) electrons. The summed E-state index contributed by atoms with van der Waals surface area (Å²) < 4.78 is 0. The fourth-order valence-electron chi connectivity index (χ4n) is 1.80. The maximum Gasteiger partial charge on any atom is 0.269 e. The lowest BCUT2D eigenvalue weighted by molar-refractivity contribution is 0.0949. The number of H-pyrrole nitrogens is 1. The number of aromatic nitrogens is 2. The van der Waals surface area contributed by atoms with E-state index >= 15 is 0 Å². The van der Waals surface area contributed by atoms with Gasteiger partial charge in [-0.05, 0) is 24.8 Å². The van der Waals surface area contributed by atoms with Gasteiger partial charge in [-0.2, -0.15) is 5.10 Å². The minimum absolute atomic E-state index is 0. The first-order valence-electron chi connectivity index (χ1n) is 6.57. The van der Waals surface area contributed by atoms with Crippen molar-refractivity contribution in [1.29, 1.82) is 0 Å². The zero-order valence-corrected chi connectivity index (χ0v) is 13.6. The lowest BCUT2D eigenvalue weighted by atomic mass is 9.86. The van der Waals surface area contributed by atoms with Crippen molar-refractivity contribution in [1.82, 2.24) is 20.8 Å². The van der Waals surface area contributed by atoms with E-state index in [1.54, 1.807) is 6.07 Å². The second kappa shape index (κ2) is 8.77. The Bertz CT molecular complexity index is 429. The predicted molar refractivity (Wildman–Crippen MR) is 88.2 cm³/mol. The number of hydrogen-bond donors (Lipinski definition) is 4. The Morgan fingerprint density at radius 2 is 2.20 bits per heavy atom. The van der Waals surface area contributed by atoms with Crippen LogP contribution >= 0.6 is 24.0 Å². The van der Waals surface area contributed by atoms with E-state index in [0.717, 1.165) is 6.54 Å². The molecule has 0 unspecified atom stereocenters. The monoisotopic (exact) mass is 392 g/mol. The Balaban J connectivity index is 0.00000200. The Morgan fingerprint density at radius 1 is 1.45 bits per heavy atom. The predicted octanol–water partition coefficient (Wildman–Crippen LogP) is 0.462. The van der Waals surface area contributed by atoms with Crippen LogP contribution in [0.25, 0.3) is 0 Å². The minimum atomic E-state index is -0.177. The van der Waals surface area contributed by atoms with Gasteiger partial charge in [-0.3, -0.25) is 14.9 Å². The molecular weight excluding hydrogens is 371 g/mol. The van der Waals surface area contributed by atoms with E-state index in [1.165, 1.54) is 25.5 Å². The van der Waals surface area contributed by atoms with Crippen LogP contribution in [-0.2, 0) is 0 Å². The van der Waals surface area contributed by atoms with Crippen molar-refractivity contribution in [2.75, 3.05) is 19.6 Å². The van der Waals surface area contributed by atoms with Gasteiger partial charge in [0.05, 0.1) is 0 Å². The second-order valence-electron chi connectivity index (χ2n) is 4.68. The van der Waals surface area contributed by atoms with Crippen LogP contribution < -0.4 is 16.4 Å². The third-order valence-electron chi connectivity index (χ3n) is 3.21. The van der Waals surface area contributed by atoms with Crippen LogP contribution in [0.2, 0.25) is 0 Å². The number of halogens is 1. The summed E-state index contributed by atoms with van der Waals surface area (Å²) >= 11 is 0. The maximum atomic E-state index is 11.5. The van der Waals surface area contributed by atoms with Gasteiger partial charge < -0.3 is 16.4 Å². The number of guanidine groups is 1. The molecule has 8 heteroatoms. The summed E-state index contributed by atoms with van der Waals surface area (Å²) in [6, 6.07) is 1.62. The first-order valence-corrected chi connectivity index (χ1v) is 6.57. The van der Waals surface area contributed by atoms with E-state index < -0.39 is 0 Å². The summed E-state index contributed by atoms with van der Waals surface area (Å²) in [5.41, 5.74) is 6.17. The van der Waals surface area contributed by atoms with Gasteiger partial charge in [0.1, 0.15) is 5.69 Å². The van der Waals surface area contributed by atoms with Gasteiger partial charge in [0, 0.05) is 25.8 Å². The van der Waals surface area contributed by atoms with Crippen molar-refractivity contribution in [2.24, 2.45) is 16.6 Å². The van der Waals surface area contributed by atoms with E-state index in [1.807, 2.05) is 0 Å². The number of carbonyl (C=O) groups is 1. The van der Waals surface area contributed by atoms with Crippen molar-refractivity contribution in [2.45, 2.75) is 19.3 Å². The summed E-state index contributed by atoms with van der Waals surface area (Å²) in [6.45, 7) is 1.84. The molecule has 1 aromatic rings. The van der Waals surface area contributed by atoms with E-state index in [-0.39, 0.29) is 29.9 Å². The molecule has 0 spiro atoms. The van der Waals surface area contributed by atoms with Crippen LogP contribution in [0.4, 0.5) is 0 Å². The van der Waals surface area contributed by atoms with Crippen molar-refractivity contribution in [3.63, 3.8) is 0 Å². The molecule has 5 N–H and O–H groups in total. The number of rotatable bonds is 6. The molecule has 0 atom stereocenters. The van der Waals surface area contributed by atoms with Gasteiger partial charge in [0.15, 0.2) is 5.96 Å². The molecule has 1 saturated carbocycles. The first-order chi connectivity index (χ1) is 9.25. The van der Waals surface area contributed by atoms with Crippen LogP contribution in [0.1, 0.15) is 29.8 Å². The Morgan fingerprint density at radius 3 is 2.80 bits per heavy atom. The molecule has 1 amide bonds. The SMILES string of the molecule is I.NC(=NCC1CCC1)NCCNC(=O)c1ccn[nH]1. The third-order valence-corrected chi connectivity index (χ3v) is 3.21. The zero-order valence-electron chi connectivity index (χ0n) is 11.3. The smallest absolute Gasteiger partial charge is 0.269 e. The summed E-state index contributed by atoms with van der Waals surface area (Å²) in [7, 11) is 0. The highest BCUT2D eigenvalue weighted by Gasteiger charge is 2.16. The number of aliphatic imine (C=N–C) groups is 1. The number of amides is 1. The summed E-state index contributed by atoms with van der Waals surface area (Å²) in [4.78, 5) is 15.8. The van der Waals surface area contributed by atoms with Crippen LogP contribution in [0.15, 0.2) is 17.3 Å². The topological polar surface area (TPSA) is 108 Å². The number of aromatic amines is 1. The van der Waals surface area contributed by atoms with Crippen molar-refractivity contribution >= 4 is 35.8 Å². The molecule has 112 valence electrons. The van der Waals surface area contributed by atoms with Crippen LogP contribution in [0.3, 0.4) is 0 Å². The lowest BCUT2D eigenvalue weighted by Gasteiger charge is -2.23. The Hall–Kier alpha value is -1.32. The standard InChI is InChI=1S/C12H20N6O.HI/c13-12(16-8-9-2-1-3-9)15-7-6-14-11(19)10-4-5-17-18-10;/h4-5,9H,1-3,6-8H2,(H,14,19)(H,17,18)(H3,13,15,16);1H. The van der Waals surface area contributed by atoms with Gasteiger partial charge in [0.2, 0.25) is 0 Å².